The van der Waals surface area contributed by atoms with E-state index >= 15 is 0 Å². The number of carbonyl (C=O) groups is 1. The van der Waals surface area contributed by atoms with E-state index in [1.54, 1.807) is 10.9 Å². The maximum atomic E-state index is 13.5. The number of aromatic nitrogens is 4. The Hall–Kier alpha value is -1.76. The van der Waals surface area contributed by atoms with E-state index in [9.17, 15) is 9.36 Å². The van der Waals surface area contributed by atoms with Crippen molar-refractivity contribution in [1.29, 1.82) is 0 Å². The zero-order valence-electron chi connectivity index (χ0n) is 29.2. The quantitative estimate of drug-likeness (QED) is 0.0373. The number of imidazole rings is 1. The number of nitrogens with zero attached hydrogens (tertiary/aromatic N) is 4. The van der Waals surface area contributed by atoms with Crippen molar-refractivity contribution in [3.63, 3.8) is 0 Å². The molecule has 0 bridgehead atoms. The van der Waals surface area contributed by atoms with Gasteiger partial charge in [0, 0.05) is 18.5 Å². The van der Waals surface area contributed by atoms with E-state index in [0.29, 0.717) is 43.2 Å². The molecule has 12 nitrogen and oxygen atoms in total. The third-order valence-electron chi connectivity index (χ3n) is 7.52. The molecule has 2 aromatic heterocycles. The van der Waals surface area contributed by atoms with Crippen molar-refractivity contribution < 1.29 is 32.6 Å². The van der Waals surface area contributed by atoms with E-state index in [0.717, 1.165) is 18.2 Å². The van der Waals surface area contributed by atoms with Crippen LogP contribution in [0.4, 0.5) is 10.6 Å². The maximum absolute atomic E-state index is 13.5. The van der Waals surface area contributed by atoms with Crippen LogP contribution in [0.15, 0.2) is 12.7 Å². The third kappa shape index (κ3) is 19.1. The zero-order chi connectivity index (χ0) is 34.2. The summed E-state index contributed by atoms with van der Waals surface area (Å²) in [7, 11) is -3.74. The molecule has 0 aliphatic rings. The molecule has 0 saturated carbocycles. The molecule has 2 atom stereocenters. The van der Waals surface area contributed by atoms with Crippen molar-refractivity contribution in [2.75, 3.05) is 38.7 Å². The average Bonchev–Trinajstić information content (AvgIpc) is 3.44. The summed E-state index contributed by atoms with van der Waals surface area (Å²) in [6.07, 6.45) is 21.4. The monoisotopic (exact) mass is 701 g/mol. The standard InChI is InChI=1S/C33H60N5O7PS/c1-5-6-7-8-9-10-11-12-13-14-15-16-17-18-20-41-21-19-22-44-46(40,45-26-42-33(39)47-28(2)3)27-43-29(4)23-38-25-37-30-31(34)35-24-36-32(30)38/h24-25,28-29H,5-23,26-27H2,1-4H3,(H2,34,35,36)/t29-,46+/m1/s1. The second-order valence-corrected chi connectivity index (χ2v) is 15.8. The van der Waals surface area contributed by atoms with Crippen LogP contribution in [0.3, 0.4) is 0 Å². The Balaban J connectivity index is 1.61. The highest BCUT2D eigenvalue weighted by atomic mass is 32.2. The molecule has 2 aromatic rings. The molecule has 0 radical (unpaired) electrons. The fourth-order valence-corrected chi connectivity index (χ4v) is 6.72. The van der Waals surface area contributed by atoms with Gasteiger partial charge in [-0.2, -0.15) is 0 Å². The number of anilines is 1. The van der Waals surface area contributed by atoms with Gasteiger partial charge in [0.25, 0.3) is 0 Å². The molecule has 0 unspecified atom stereocenters. The van der Waals surface area contributed by atoms with Gasteiger partial charge >= 0.3 is 12.9 Å². The van der Waals surface area contributed by atoms with E-state index in [-0.39, 0.29) is 18.2 Å². The van der Waals surface area contributed by atoms with Crippen LogP contribution in [0.5, 0.6) is 0 Å². The number of ether oxygens (including phenoxy) is 3. The van der Waals surface area contributed by atoms with E-state index in [1.807, 2.05) is 20.8 Å². The fraction of sp³-hybridized carbons (Fsp3) is 0.818. The van der Waals surface area contributed by atoms with Crippen LogP contribution in [0.2, 0.25) is 0 Å². The molecular formula is C33H60N5O7PS. The fourth-order valence-electron chi connectivity index (χ4n) is 4.94. The summed E-state index contributed by atoms with van der Waals surface area (Å²) in [4.78, 5) is 24.4. The normalized spacial score (nSPS) is 13.7. The van der Waals surface area contributed by atoms with Gasteiger partial charge in [0.15, 0.2) is 11.5 Å². The first-order chi connectivity index (χ1) is 22.7. The largest absolute Gasteiger partial charge is 0.430 e. The predicted octanol–water partition coefficient (Wildman–Crippen LogP) is 9.12. The molecule has 2 rings (SSSR count). The lowest BCUT2D eigenvalue weighted by molar-refractivity contribution is 0.0321. The van der Waals surface area contributed by atoms with Gasteiger partial charge in [-0.3, -0.25) is 9.09 Å². The first-order valence-corrected chi connectivity index (χ1v) is 20.2. The smallest absolute Gasteiger partial charge is 0.369 e. The van der Waals surface area contributed by atoms with Gasteiger partial charge in [-0.1, -0.05) is 104 Å². The van der Waals surface area contributed by atoms with Crippen molar-refractivity contribution >= 4 is 41.6 Å². The second-order valence-electron chi connectivity index (χ2n) is 12.2. The maximum Gasteiger partial charge on any atom is 0.369 e. The minimum Gasteiger partial charge on any atom is -0.430 e. The molecule has 47 heavy (non-hydrogen) atoms. The van der Waals surface area contributed by atoms with Gasteiger partial charge in [-0.25, -0.2) is 19.7 Å². The van der Waals surface area contributed by atoms with Crippen molar-refractivity contribution in [2.45, 2.75) is 142 Å². The summed E-state index contributed by atoms with van der Waals surface area (Å²) in [5, 5.41) is -0.454. The number of unbranched alkanes of at least 4 members (excludes halogenated alkanes) is 13. The lowest BCUT2D eigenvalue weighted by atomic mass is 10.0. The Bertz CT molecular complexity index is 1160. The molecular weight excluding hydrogens is 641 g/mol. The Labute approximate surface area is 286 Å². The molecule has 0 amide bonds. The summed E-state index contributed by atoms with van der Waals surface area (Å²) >= 11 is 1.02. The molecule has 0 saturated heterocycles. The predicted molar refractivity (Wildman–Crippen MR) is 190 cm³/mol. The lowest BCUT2D eigenvalue weighted by Crippen LogP contribution is -2.19. The highest BCUT2D eigenvalue weighted by Gasteiger charge is 2.27. The van der Waals surface area contributed by atoms with Crippen molar-refractivity contribution in [2.24, 2.45) is 0 Å². The van der Waals surface area contributed by atoms with Crippen LogP contribution in [-0.4, -0.2) is 69.1 Å². The summed E-state index contributed by atoms with van der Waals surface area (Å²) in [5.74, 6) is 0.294. The van der Waals surface area contributed by atoms with Gasteiger partial charge in [0.2, 0.25) is 6.79 Å². The summed E-state index contributed by atoms with van der Waals surface area (Å²) in [6, 6.07) is 0. The van der Waals surface area contributed by atoms with Crippen molar-refractivity contribution in [3.8, 4) is 0 Å². The van der Waals surface area contributed by atoms with Crippen LogP contribution < -0.4 is 5.73 Å². The molecule has 0 fully saturated rings. The number of fused-ring (bicyclic) bond motifs is 1. The summed E-state index contributed by atoms with van der Waals surface area (Å²) in [5.41, 5.74) is 6.96. The van der Waals surface area contributed by atoms with Crippen molar-refractivity contribution in [3.05, 3.63) is 12.7 Å². The van der Waals surface area contributed by atoms with E-state index in [4.69, 9.17) is 29.0 Å². The first kappa shape index (κ1) is 41.4. The topological polar surface area (TPSA) is 150 Å². The van der Waals surface area contributed by atoms with E-state index < -0.39 is 25.8 Å². The van der Waals surface area contributed by atoms with Gasteiger partial charge in [0.1, 0.15) is 18.2 Å². The number of rotatable bonds is 29. The van der Waals surface area contributed by atoms with Gasteiger partial charge in [-0.05, 0) is 31.5 Å². The van der Waals surface area contributed by atoms with Gasteiger partial charge in [0.05, 0.1) is 25.6 Å². The second kappa shape index (κ2) is 25.2. The number of hydrogen-bond donors (Lipinski definition) is 1. The number of nitrogen functional groups attached to an aromatic ring is 1. The number of nitrogens with two attached hydrogens (primary N) is 1. The highest BCUT2D eigenvalue weighted by Crippen LogP contribution is 2.48. The Kier molecular flexibility index (Phi) is 22.2. The van der Waals surface area contributed by atoms with Crippen LogP contribution in [-0.2, 0) is 34.4 Å². The Morgan fingerprint density at radius 1 is 0.851 bits per heavy atom. The lowest BCUT2D eigenvalue weighted by Gasteiger charge is -2.21. The first-order valence-electron chi connectivity index (χ1n) is 17.6. The molecule has 2 N–H and O–H groups in total. The van der Waals surface area contributed by atoms with Crippen LogP contribution >= 0.6 is 19.4 Å². The minimum absolute atomic E-state index is 0.0548. The van der Waals surface area contributed by atoms with E-state index in [1.165, 1.54) is 89.8 Å². The van der Waals surface area contributed by atoms with Crippen molar-refractivity contribution in [1.82, 2.24) is 19.5 Å². The molecule has 270 valence electrons. The molecule has 0 aliphatic carbocycles. The van der Waals surface area contributed by atoms with E-state index in [2.05, 4.69) is 21.9 Å². The third-order valence-corrected chi connectivity index (χ3v) is 9.84. The molecule has 0 spiro atoms. The molecule has 0 aliphatic heterocycles. The minimum atomic E-state index is -3.74. The van der Waals surface area contributed by atoms with Gasteiger partial charge in [-0.15, -0.1) is 0 Å². The zero-order valence-corrected chi connectivity index (χ0v) is 30.9. The number of hydrogen-bond acceptors (Lipinski definition) is 12. The molecule has 14 heteroatoms. The van der Waals surface area contributed by atoms with Crippen LogP contribution in [0, 0.1) is 0 Å². The average molecular weight is 702 g/mol. The summed E-state index contributed by atoms with van der Waals surface area (Å²) in [6.45, 7) is 9.08. The summed E-state index contributed by atoms with van der Waals surface area (Å²) < 4.78 is 43.1. The molecule has 2 heterocycles. The SMILES string of the molecule is CCCCCCCCCCCCCCCCOCCCO[P@@](=O)(CO[C@H](C)Cn1cnc2c(N)ncnc21)OCOC(=O)SC(C)C. The Morgan fingerprint density at radius 2 is 1.47 bits per heavy atom. The van der Waals surface area contributed by atoms with Crippen LogP contribution in [0.1, 0.15) is 124 Å². The number of carbonyl (C=O) groups excluding carboxylic acids is 1. The number of thioether (sulfide) groups is 1. The molecule has 0 aromatic carbocycles. The Morgan fingerprint density at radius 3 is 2.11 bits per heavy atom. The van der Waals surface area contributed by atoms with Gasteiger partial charge < -0.3 is 29.0 Å². The van der Waals surface area contributed by atoms with Crippen LogP contribution in [0.25, 0.3) is 11.2 Å². The highest BCUT2D eigenvalue weighted by molar-refractivity contribution is 8.13.